The van der Waals surface area contributed by atoms with E-state index in [9.17, 15) is 4.79 Å². The van der Waals surface area contributed by atoms with Crippen LogP contribution in [0, 0.1) is 6.92 Å². The Bertz CT molecular complexity index is 859. The molecular formula is C21H29N5O4. The van der Waals surface area contributed by atoms with Gasteiger partial charge in [-0.3, -0.25) is 0 Å². The third-order valence-corrected chi connectivity index (χ3v) is 4.90. The van der Waals surface area contributed by atoms with E-state index in [1.54, 1.807) is 12.1 Å². The van der Waals surface area contributed by atoms with Gasteiger partial charge in [-0.25, -0.2) is 14.8 Å². The summed E-state index contributed by atoms with van der Waals surface area (Å²) in [4.78, 5) is 23.8. The number of aromatic nitrogens is 2. The summed E-state index contributed by atoms with van der Waals surface area (Å²) in [6.45, 7) is 4.17. The van der Waals surface area contributed by atoms with Gasteiger partial charge in [-0.05, 0) is 26.2 Å². The highest BCUT2D eigenvalue weighted by molar-refractivity contribution is 5.90. The smallest absolute Gasteiger partial charge is 0.319 e. The molecule has 0 bridgehead atoms. The molecule has 1 fully saturated rings. The summed E-state index contributed by atoms with van der Waals surface area (Å²) < 4.78 is 15.9. The number of nitrogens with zero attached hydrogens (tertiary/aromatic N) is 3. The monoisotopic (exact) mass is 415 g/mol. The van der Waals surface area contributed by atoms with Crippen molar-refractivity contribution in [2.24, 2.45) is 0 Å². The quantitative estimate of drug-likeness (QED) is 0.717. The highest BCUT2D eigenvalue weighted by Gasteiger charge is 2.16. The van der Waals surface area contributed by atoms with Crippen molar-refractivity contribution in [3.63, 3.8) is 0 Å². The molecule has 1 aromatic heterocycles. The second-order valence-electron chi connectivity index (χ2n) is 7.05. The van der Waals surface area contributed by atoms with Crippen LogP contribution in [0.1, 0.15) is 30.8 Å². The van der Waals surface area contributed by atoms with E-state index in [2.05, 4.69) is 25.5 Å². The Hall–Kier alpha value is -3.23. The van der Waals surface area contributed by atoms with E-state index in [0.717, 1.165) is 24.6 Å². The second kappa shape index (κ2) is 10.00. The van der Waals surface area contributed by atoms with Crippen molar-refractivity contribution >= 4 is 17.5 Å². The zero-order valence-corrected chi connectivity index (χ0v) is 17.9. The molecule has 1 aromatic carbocycles. The molecule has 0 aliphatic carbocycles. The molecule has 2 N–H and O–H groups in total. The number of hydrogen-bond donors (Lipinski definition) is 2. The molecule has 0 spiro atoms. The van der Waals surface area contributed by atoms with Crippen LogP contribution in [0.2, 0.25) is 0 Å². The topological polar surface area (TPSA) is 97.8 Å². The van der Waals surface area contributed by atoms with Crippen molar-refractivity contribution in [1.82, 2.24) is 15.3 Å². The van der Waals surface area contributed by atoms with Gasteiger partial charge in [0.25, 0.3) is 0 Å². The number of amides is 2. The molecular weight excluding hydrogens is 386 g/mol. The SMILES string of the molecule is COc1cc(NC(=O)NCc2nc(C)cc(N3CCCCC3)n2)cc(OC)c1OC. The number of aryl methyl sites for hydroxylation is 1. The molecule has 2 aromatic rings. The minimum atomic E-state index is -0.381. The number of benzene rings is 1. The summed E-state index contributed by atoms with van der Waals surface area (Å²) in [6, 6.07) is 4.94. The second-order valence-corrected chi connectivity index (χ2v) is 7.05. The highest BCUT2D eigenvalue weighted by atomic mass is 16.5. The number of nitrogens with one attached hydrogen (secondary N) is 2. The van der Waals surface area contributed by atoms with Gasteiger partial charge in [0, 0.05) is 37.0 Å². The number of rotatable bonds is 7. The van der Waals surface area contributed by atoms with Crippen molar-refractivity contribution in [2.75, 3.05) is 44.6 Å². The molecule has 3 rings (SSSR count). The molecule has 9 nitrogen and oxygen atoms in total. The van der Waals surface area contributed by atoms with E-state index in [1.165, 1.54) is 40.6 Å². The van der Waals surface area contributed by atoms with E-state index in [-0.39, 0.29) is 12.6 Å². The van der Waals surface area contributed by atoms with Crippen LogP contribution in [0.5, 0.6) is 17.2 Å². The maximum absolute atomic E-state index is 12.4. The minimum Gasteiger partial charge on any atom is -0.493 e. The lowest BCUT2D eigenvalue weighted by Gasteiger charge is -2.28. The maximum atomic E-state index is 12.4. The summed E-state index contributed by atoms with van der Waals surface area (Å²) in [5, 5.41) is 5.58. The summed E-state index contributed by atoms with van der Waals surface area (Å²) >= 11 is 0. The number of piperidine rings is 1. The van der Waals surface area contributed by atoms with Crippen LogP contribution in [-0.2, 0) is 6.54 Å². The first-order valence-electron chi connectivity index (χ1n) is 9.98. The molecule has 30 heavy (non-hydrogen) atoms. The van der Waals surface area contributed by atoms with Crippen molar-refractivity contribution in [2.45, 2.75) is 32.7 Å². The number of methoxy groups -OCH3 is 3. The lowest BCUT2D eigenvalue weighted by molar-refractivity contribution is 0.251. The molecule has 1 aliphatic rings. The zero-order chi connectivity index (χ0) is 21.5. The van der Waals surface area contributed by atoms with Gasteiger partial charge in [0.2, 0.25) is 5.75 Å². The van der Waals surface area contributed by atoms with Gasteiger partial charge in [0.05, 0.1) is 33.6 Å². The first kappa shape index (κ1) is 21.5. The molecule has 9 heteroatoms. The summed E-state index contributed by atoms with van der Waals surface area (Å²) in [5.74, 6) is 2.88. The Kier molecular flexibility index (Phi) is 7.16. The number of carbonyl (C=O) groups excluding carboxylic acids is 1. The van der Waals surface area contributed by atoms with Crippen LogP contribution in [0.3, 0.4) is 0 Å². The van der Waals surface area contributed by atoms with Crippen LogP contribution in [0.4, 0.5) is 16.3 Å². The van der Waals surface area contributed by atoms with E-state index in [0.29, 0.717) is 28.8 Å². The minimum absolute atomic E-state index is 0.221. The van der Waals surface area contributed by atoms with Crippen LogP contribution >= 0.6 is 0 Å². The Morgan fingerprint density at radius 3 is 2.27 bits per heavy atom. The fraction of sp³-hybridized carbons (Fsp3) is 0.476. The van der Waals surface area contributed by atoms with Gasteiger partial charge < -0.3 is 29.7 Å². The first-order chi connectivity index (χ1) is 14.5. The average molecular weight is 415 g/mol. The number of anilines is 2. The highest BCUT2D eigenvalue weighted by Crippen LogP contribution is 2.39. The first-order valence-corrected chi connectivity index (χ1v) is 9.98. The van der Waals surface area contributed by atoms with Crippen LogP contribution in [0.15, 0.2) is 18.2 Å². The summed E-state index contributed by atoms with van der Waals surface area (Å²) in [6.07, 6.45) is 3.61. The third kappa shape index (κ3) is 5.22. The van der Waals surface area contributed by atoms with Crippen molar-refractivity contribution in [3.05, 3.63) is 29.7 Å². The molecule has 1 aliphatic heterocycles. The van der Waals surface area contributed by atoms with Gasteiger partial charge in [-0.1, -0.05) is 0 Å². The fourth-order valence-corrected chi connectivity index (χ4v) is 3.46. The summed E-state index contributed by atoms with van der Waals surface area (Å²) in [5.41, 5.74) is 1.40. The zero-order valence-electron chi connectivity index (χ0n) is 17.9. The Balaban J connectivity index is 1.65. The molecule has 0 unspecified atom stereocenters. The molecule has 0 saturated carbocycles. The van der Waals surface area contributed by atoms with E-state index < -0.39 is 0 Å². The van der Waals surface area contributed by atoms with Crippen molar-refractivity contribution in [3.8, 4) is 17.2 Å². The largest absolute Gasteiger partial charge is 0.493 e. The van der Waals surface area contributed by atoms with Gasteiger partial charge in [-0.2, -0.15) is 0 Å². The lowest BCUT2D eigenvalue weighted by atomic mass is 10.1. The Labute approximate surface area is 176 Å². The molecule has 2 heterocycles. The Morgan fingerprint density at radius 2 is 1.67 bits per heavy atom. The molecule has 0 radical (unpaired) electrons. The molecule has 1 saturated heterocycles. The van der Waals surface area contributed by atoms with Crippen LogP contribution in [-0.4, -0.2) is 50.4 Å². The van der Waals surface area contributed by atoms with E-state index in [1.807, 2.05) is 13.0 Å². The van der Waals surface area contributed by atoms with Crippen LogP contribution < -0.4 is 29.7 Å². The average Bonchev–Trinajstić information content (AvgIpc) is 2.77. The molecule has 2 amide bonds. The normalized spacial score (nSPS) is 13.5. The number of ether oxygens (including phenoxy) is 3. The van der Waals surface area contributed by atoms with Gasteiger partial charge >= 0.3 is 6.03 Å². The maximum Gasteiger partial charge on any atom is 0.319 e. The van der Waals surface area contributed by atoms with Gasteiger partial charge in [0.15, 0.2) is 11.5 Å². The third-order valence-electron chi connectivity index (χ3n) is 4.90. The number of hydrogen-bond acceptors (Lipinski definition) is 7. The van der Waals surface area contributed by atoms with Gasteiger partial charge in [0.1, 0.15) is 11.6 Å². The van der Waals surface area contributed by atoms with Gasteiger partial charge in [-0.15, -0.1) is 0 Å². The van der Waals surface area contributed by atoms with E-state index in [4.69, 9.17) is 14.2 Å². The lowest BCUT2D eigenvalue weighted by Crippen LogP contribution is -2.32. The standard InChI is InChI=1S/C21H29N5O4/c1-14-10-19(26-8-6-5-7-9-26)25-18(23-14)13-22-21(27)24-15-11-16(28-2)20(30-4)17(12-15)29-3/h10-12H,5-9,13H2,1-4H3,(H2,22,24,27). The predicted molar refractivity (Wildman–Crippen MR) is 115 cm³/mol. The fourth-order valence-electron chi connectivity index (χ4n) is 3.46. The van der Waals surface area contributed by atoms with Crippen LogP contribution in [0.25, 0.3) is 0 Å². The number of urea groups is 1. The van der Waals surface area contributed by atoms with E-state index >= 15 is 0 Å². The molecule has 162 valence electrons. The van der Waals surface area contributed by atoms with Crippen molar-refractivity contribution in [1.29, 1.82) is 0 Å². The molecule has 0 atom stereocenters. The van der Waals surface area contributed by atoms with Crippen molar-refractivity contribution < 1.29 is 19.0 Å². The predicted octanol–water partition coefficient (Wildman–Crippen LogP) is 3.12. The Morgan fingerprint density at radius 1 is 1.00 bits per heavy atom. The number of carbonyl (C=O) groups is 1. The summed E-state index contributed by atoms with van der Waals surface area (Å²) in [7, 11) is 4.58.